The van der Waals surface area contributed by atoms with Crippen LogP contribution in [0.1, 0.15) is 25.0 Å². The highest BCUT2D eigenvalue weighted by molar-refractivity contribution is 6.10. The average molecular weight is 382 g/mol. The molecule has 1 heterocycles. The molecule has 0 aliphatic carbocycles. The summed E-state index contributed by atoms with van der Waals surface area (Å²) in [5, 5.41) is 2.82. The van der Waals surface area contributed by atoms with Gasteiger partial charge in [0.15, 0.2) is 0 Å². The van der Waals surface area contributed by atoms with E-state index in [1.807, 2.05) is 18.2 Å². The Labute approximate surface area is 165 Å². The first-order chi connectivity index (χ1) is 13.4. The van der Waals surface area contributed by atoms with Crippen LogP contribution in [0.5, 0.6) is 11.5 Å². The predicted octanol–water partition coefficient (Wildman–Crippen LogP) is 3.25. The molecule has 6 heteroatoms. The molecule has 3 rings (SSSR count). The Morgan fingerprint density at radius 1 is 1.04 bits per heavy atom. The Hall–Kier alpha value is -3.02. The molecule has 0 saturated heterocycles. The van der Waals surface area contributed by atoms with Crippen LogP contribution in [-0.4, -0.2) is 37.5 Å². The van der Waals surface area contributed by atoms with Gasteiger partial charge >= 0.3 is 0 Å². The van der Waals surface area contributed by atoms with E-state index in [1.165, 1.54) is 12.7 Å². The zero-order chi connectivity index (χ0) is 20.3. The molecule has 6 nitrogen and oxygen atoms in total. The number of benzene rings is 2. The zero-order valence-corrected chi connectivity index (χ0v) is 16.7. The Morgan fingerprint density at radius 3 is 2.43 bits per heavy atom. The number of nitrogens with one attached hydrogen (secondary N) is 1. The molecule has 2 aromatic rings. The van der Waals surface area contributed by atoms with E-state index in [1.54, 1.807) is 44.1 Å². The lowest BCUT2D eigenvalue weighted by Crippen LogP contribution is -2.48. The number of carbonyl (C=O) groups excluding carboxylic acids is 2. The van der Waals surface area contributed by atoms with Gasteiger partial charge < -0.3 is 19.7 Å². The molecule has 0 bridgehead atoms. The van der Waals surface area contributed by atoms with Crippen LogP contribution in [0.15, 0.2) is 42.5 Å². The third kappa shape index (κ3) is 3.81. The van der Waals surface area contributed by atoms with Gasteiger partial charge in [-0.2, -0.15) is 0 Å². The monoisotopic (exact) mass is 382 g/mol. The van der Waals surface area contributed by atoms with Gasteiger partial charge in [-0.25, -0.2) is 0 Å². The zero-order valence-electron chi connectivity index (χ0n) is 16.7. The fourth-order valence-corrected chi connectivity index (χ4v) is 3.35. The number of carbonyl (C=O) groups is 2. The molecule has 148 valence electrons. The van der Waals surface area contributed by atoms with Crippen LogP contribution in [0, 0.1) is 5.41 Å². The van der Waals surface area contributed by atoms with E-state index in [9.17, 15) is 9.59 Å². The molecule has 1 aliphatic rings. The third-order valence-corrected chi connectivity index (χ3v) is 5.18. The van der Waals surface area contributed by atoms with Crippen LogP contribution in [-0.2, 0) is 22.6 Å². The molecule has 2 amide bonds. The molecule has 0 radical (unpaired) electrons. The summed E-state index contributed by atoms with van der Waals surface area (Å²) < 4.78 is 10.5. The van der Waals surface area contributed by atoms with Crippen molar-refractivity contribution in [3.63, 3.8) is 0 Å². The highest BCUT2D eigenvalue weighted by Gasteiger charge is 2.40. The summed E-state index contributed by atoms with van der Waals surface area (Å²) in [6.07, 6.45) is 0.795. The maximum absolute atomic E-state index is 13.1. The van der Waals surface area contributed by atoms with E-state index in [-0.39, 0.29) is 11.8 Å². The van der Waals surface area contributed by atoms with Crippen LogP contribution >= 0.6 is 0 Å². The standard InChI is InChI=1S/C22H26N2O4/c1-22(2,20(25)23-18-13-17(27-3)9-10-19(18)28-4)21(26)24-12-11-15-7-5-6-8-16(15)14-24/h5-10,13H,11-12,14H2,1-4H3,(H,23,25). The molecule has 0 saturated carbocycles. The SMILES string of the molecule is COc1ccc(OC)c(NC(=O)C(C)(C)C(=O)N2CCc3ccccc3C2)c1. The normalized spacial score (nSPS) is 13.5. The van der Waals surface area contributed by atoms with Crippen molar-refractivity contribution in [2.24, 2.45) is 5.41 Å². The Bertz CT molecular complexity index is 892. The predicted molar refractivity (Wildman–Crippen MR) is 108 cm³/mol. The molecule has 1 N–H and O–H groups in total. The van der Waals surface area contributed by atoms with Gasteiger partial charge in [-0.1, -0.05) is 24.3 Å². The number of rotatable bonds is 5. The average Bonchev–Trinajstić information content (AvgIpc) is 2.72. The summed E-state index contributed by atoms with van der Waals surface area (Å²) >= 11 is 0. The quantitative estimate of drug-likeness (QED) is 0.806. The second kappa shape index (κ2) is 7.92. The second-order valence-electron chi connectivity index (χ2n) is 7.39. The van der Waals surface area contributed by atoms with Crippen LogP contribution in [0.25, 0.3) is 0 Å². The molecule has 0 unspecified atom stereocenters. The van der Waals surface area contributed by atoms with E-state index < -0.39 is 5.41 Å². The molecule has 0 spiro atoms. The molecular weight excluding hydrogens is 356 g/mol. The minimum absolute atomic E-state index is 0.193. The smallest absolute Gasteiger partial charge is 0.239 e. The lowest BCUT2D eigenvalue weighted by Gasteiger charge is -2.34. The first-order valence-corrected chi connectivity index (χ1v) is 9.26. The van der Waals surface area contributed by atoms with Crippen molar-refractivity contribution < 1.29 is 19.1 Å². The lowest BCUT2D eigenvalue weighted by atomic mass is 9.88. The topological polar surface area (TPSA) is 67.9 Å². The second-order valence-corrected chi connectivity index (χ2v) is 7.39. The van der Waals surface area contributed by atoms with Crippen molar-refractivity contribution >= 4 is 17.5 Å². The van der Waals surface area contributed by atoms with Gasteiger partial charge in [-0.15, -0.1) is 0 Å². The third-order valence-electron chi connectivity index (χ3n) is 5.18. The minimum atomic E-state index is -1.22. The highest BCUT2D eigenvalue weighted by atomic mass is 16.5. The summed E-state index contributed by atoms with van der Waals surface area (Å²) in [4.78, 5) is 27.9. The molecule has 2 aromatic carbocycles. The van der Waals surface area contributed by atoms with Crippen molar-refractivity contribution in [1.29, 1.82) is 0 Å². The van der Waals surface area contributed by atoms with Gasteiger partial charge in [0.1, 0.15) is 16.9 Å². The van der Waals surface area contributed by atoms with Gasteiger partial charge in [0, 0.05) is 19.2 Å². The van der Waals surface area contributed by atoms with Crippen LogP contribution < -0.4 is 14.8 Å². The van der Waals surface area contributed by atoms with E-state index in [0.29, 0.717) is 30.3 Å². The van der Waals surface area contributed by atoms with Crippen molar-refractivity contribution in [2.45, 2.75) is 26.8 Å². The Morgan fingerprint density at radius 2 is 1.75 bits per heavy atom. The highest BCUT2D eigenvalue weighted by Crippen LogP contribution is 2.32. The maximum atomic E-state index is 13.1. The molecular formula is C22H26N2O4. The van der Waals surface area contributed by atoms with Gasteiger partial charge in [-0.05, 0) is 43.5 Å². The number of nitrogens with zero attached hydrogens (tertiary/aromatic N) is 1. The van der Waals surface area contributed by atoms with E-state index in [2.05, 4.69) is 11.4 Å². The number of ether oxygens (including phenoxy) is 2. The summed E-state index contributed by atoms with van der Waals surface area (Å²) in [5.41, 5.74) is 1.64. The molecule has 28 heavy (non-hydrogen) atoms. The number of hydrogen-bond donors (Lipinski definition) is 1. The van der Waals surface area contributed by atoms with Gasteiger partial charge in [-0.3, -0.25) is 9.59 Å². The fourth-order valence-electron chi connectivity index (χ4n) is 3.35. The van der Waals surface area contributed by atoms with Crippen LogP contribution in [0.2, 0.25) is 0 Å². The van der Waals surface area contributed by atoms with Gasteiger partial charge in [0.05, 0.1) is 19.9 Å². The first kappa shape index (κ1) is 19.7. The minimum Gasteiger partial charge on any atom is -0.497 e. The summed E-state index contributed by atoms with van der Waals surface area (Å²) in [6, 6.07) is 13.2. The summed E-state index contributed by atoms with van der Waals surface area (Å²) in [6.45, 7) is 4.43. The summed E-state index contributed by atoms with van der Waals surface area (Å²) in [5.74, 6) is 0.515. The molecule has 0 aromatic heterocycles. The largest absolute Gasteiger partial charge is 0.497 e. The van der Waals surface area contributed by atoms with E-state index >= 15 is 0 Å². The molecule has 0 fully saturated rings. The number of methoxy groups -OCH3 is 2. The Balaban J connectivity index is 1.77. The number of fused-ring (bicyclic) bond motifs is 1. The molecule has 0 atom stereocenters. The van der Waals surface area contributed by atoms with Gasteiger partial charge in [0.2, 0.25) is 11.8 Å². The van der Waals surface area contributed by atoms with E-state index in [0.717, 1.165) is 12.0 Å². The van der Waals surface area contributed by atoms with E-state index in [4.69, 9.17) is 9.47 Å². The fraction of sp³-hybridized carbons (Fsp3) is 0.364. The maximum Gasteiger partial charge on any atom is 0.239 e. The van der Waals surface area contributed by atoms with Crippen LogP contribution in [0.3, 0.4) is 0 Å². The number of amides is 2. The first-order valence-electron chi connectivity index (χ1n) is 9.26. The molecule has 1 aliphatic heterocycles. The van der Waals surface area contributed by atoms with Crippen LogP contribution in [0.4, 0.5) is 5.69 Å². The van der Waals surface area contributed by atoms with Crippen molar-refractivity contribution in [1.82, 2.24) is 4.90 Å². The summed E-state index contributed by atoms with van der Waals surface area (Å²) in [7, 11) is 3.08. The Kier molecular flexibility index (Phi) is 5.58. The van der Waals surface area contributed by atoms with Crippen molar-refractivity contribution in [3.05, 3.63) is 53.6 Å². The number of hydrogen-bond acceptors (Lipinski definition) is 4. The van der Waals surface area contributed by atoms with Crippen molar-refractivity contribution in [2.75, 3.05) is 26.1 Å². The number of anilines is 1. The van der Waals surface area contributed by atoms with Crippen molar-refractivity contribution in [3.8, 4) is 11.5 Å². The lowest BCUT2D eigenvalue weighted by molar-refractivity contribution is -0.147. The van der Waals surface area contributed by atoms with Gasteiger partial charge in [0.25, 0.3) is 0 Å².